The Balaban J connectivity index is 1.22. The molecule has 3 N–H and O–H groups in total. The number of piperidine rings is 1. The number of pyridine rings is 1. The largest absolute Gasteiger partial charge is 0.374 e. The maximum Gasteiger partial charge on any atom is 0.293 e. The molecule has 2 unspecified atom stereocenters. The third kappa shape index (κ3) is 5.06. The number of nitrogens with one attached hydrogen (secondary N) is 3. The number of hydrogen-bond acceptors (Lipinski definition) is 7. The summed E-state index contributed by atoms with van der Waals surface area (Å²) in [6.45, 7) is 0. The number of nitro groups is 1. The minimum absolute atomic E-state index is 0.147. The number of benzene rings is 2. The van der Waals surface area contributed by atoms with Crippen molar-refractivity contribution in [3.8, 4) is 0 Å². The van der Waals surface area contributed by atoms with Crippen LogP contribution in [0, 0.1) is 10.1 Å². The fourth-order valence-corrected chi connectivity index (χ4v) is 7.21. The van der Waals surface area contributed by atoms with Gasteiger partial charge in [-0.1, -0.05) is 31.0 Å². The van der Waals surface area contributed by atoms with Gasteiger partial charge in [0.05, 0.1) is 16.1 Å². The zero-order valence-corrected chi connectivity index (χ0v) is 23.6. The molecular weight excluding hydrogens is 550 g/mol. The molecule has 2 aliphatic heterocycles. The first kappa shape index (κ1) is 27.3. The second kappa shape index (κ2) is 10.6. The van der Waals surface area contributed by atoms with Crippen LogP contribution in [0.1, 0.15) is 90.0 Å². The summed E-state index contributed by atoms with van der Waals surface area (Å²) >= 11 is 0. The third-order valence-electron chi connectivity index (χ3n) is 9.52. The van der Waals surface area contributed by atoms with Crippen molar-refractivity contribution in [1.82, 2.24) is 15.2 Å². The monoisotopic (exact) mass is 583 g/mol. The molecule has 2 bridgehead atoms. The Morgan fingerprint density at radius 3 is 2.37 bits per heavy atom. The number of fused-ring (bicyclic) bond motifs is 3. The molecule has 3 saturated carbocycles. The molecule has 43 heavy (non-hydrogen) atoms. The van der Waals surface area contributed by atoms with Crippen LogP contribution in [0.3, 0.4) is 0 Å². The lowest BCUT2D eigenvalue weighted by molar-refractivity contribution is -0.384. The number of aromatic nitrogens is 1. The number of para-hydroxylation sites is 1. The summed E-state index contributed by atoms with van der Waals surface area (Å²) in [5.41, 5.74) is 1.51. The number of anilines is 1. The Hall–Kier alpha value is -4.54. The van der Waals surface area contributed by atoms with Gasteiger partial charge in [0.15, 0.2) is 0 Å². The van der Waals surface area contributed by atoms with E-state index in [1.54, 1.807) is 41.3 Å². The minimum atomic E-state index is -0.440. The highest BCUT2D eigenvalue weighted by Gasteiger charge is 2.48. The quantitative estimate of drug-likeness (QED) is 0.275. The third-order valence-corrected chi connectivity index (χ3v) is 9.52. The zero-order valence-electron chi connectivity index (χ0n) is 23.6. The first-order valence-corrected chi connectivity index (χ1v) is 15.1. The molecule has 2 amide bonds. The number of ketones is 1. The van der Waals surface area contributed by atoms with Gasteiger partial charge >= 0.3 is 0 Å². The summed E-state index contributed by atoms with van der Waals surface area (Å²) in [6, 6.07) is 10.7. The molecule has 3 aliphatic carbocycles. The van der Waals surface area contributed by atoms with Crippen LogP contribution in [0.2, 0.25) is 0 Å². The van der Waals surface area contributed by atoms with Crippen molar-refractivity contribution in [2.75, 3.05) is 5.32 Å². The average Bonchev–Trinajstić information content (AvgIpc) is 3.83. The van der Waals surface area contributed by atoms with Crippen LogP contribution in [0.4, 0.5) is 11.4 Å². The van der Waals surface area contributed by atoms with E-state index >= 15 is 0 Å². The van der Waals surface area contributed by atoms with Gasteiger partial charge < -0.3 is 20.5 Å². The zero-order chi connectivity index (χ0) is 29.8. The van der Waals surface area contributed by atoms with Crippen LogP contribution >= 0.6 is 0 Å². The fourth-order valence-electron chi connectivity index (χ4n) is 7.21. The van der Waals surface area contributed by atoms with Gasteiger partial charge in [0.1, 0.15) is 11.5 Å². The summed E-state index contributed by atoms with van der Waals surface area (Å²) < 4.78 is 0. The van der Waals surface area contributed by atoms with Gasteiger partial charge in [0, 0.05) is 60.0 Å². The van der Waals surface area contributed by atoms with Gasteiger partial charge in [0.25, 0.3) is 17.5 Å². The van der Waals surface area contributed by atoms with Crippen LogP contribution in [0.15, 0.2) is 47.3 Å². The predicted molar refractivity (Wildman–Crippen MR) is 159 cm³/mol. The summed E-state index contributed by atoms with van der Waals surface area (Å²) in [5.74, 6) is -0.333. The number of Topliss-reactive ketones (excluding diaryl/α,β-unsaturated/α-hetero) is 1. The van der Waals surface area contributed by atoms with Gasteiger partial charge in [-0.2, -0.15) is 0 Å². The number of nitrogens with zero attached hydrogens (tertiary/aromatic N) is 2. The molecule has 3 heterocycles. The van der Waals surface area contributed by atoms with E-state index in [0.29, 0.717) is 36.6 Å². The standard InChI is InChI=1S/C32H33N5O6/c38-21-14-19-13-20(15-21)36(19)32(41)24-11-18(17-9-10-17)12-28(37(42)43)30(24)34-26-7-3-4-8-27(26)35-31(40)23-16-29(39)33-25-6-2-1-5-22(23)25/h1-2,5-6,11-12,16-17,19-20,26-27,34H,3-4,7-10,13-15H2,(H,33,39)(H,35,40)/t19?,20?,26-,27+/m1/s1. The maximum atomic E-state index is 14.0. The van der Waals surface area contributed by atoms with Crippen molar-refractivity contribution >= 4 is 39.9 Å². The number of nitro benzene ring substituents is 1. The van der Waals surface area contributed by atoms with E-state index in [1.807, 2.05) is 0 Å². The number of carbonyl (C=O) groups excluding carboxylic acids is 3. The van der Waals surface area contributed by atoms with Crippen molar-refractivity contribution in [2.45, 2.75) is 87.9 Å². The molecular formula is C32H33N5O6. The molecule has 1 aromatic heterocycles. The Kier molecular flexibility index (Phi) is 6.75. The molecule has 5 fully saturated rings. The number of H-pyrrole nitrogens is 1. The van der Waals surface area contributed by atoms with Crippen molar-refractivity contribution < 1.29 is 19.3 Å². The first-order valence-electron chi connectivity index (χ1n) is 15.1. The first-order chi connectivity index (χ1) is 20.8. The van der Waals surface area contributed by atoms with Crippen molar-refractivity contribution in [2.24, 2.45) is 0 Å². The molecule has 11 nitrogen and oxygen atoms in total. The summed E-state index contributed by atoms with van der Waals surface area (Å²) in [6.07, 6.45) is 6.26. The second-order valence-corrected chi connectivity index (χ2v) is 12.4. The van der Waals surface area contributed by atoms with Gasteiger partial charge in [0.2, 0.25) is 5.56 Å². The lowest BCUT2D eigenvalue weighted by Crippen LogP contribution is -2.63. The van der Waals surface area contributed by atoms with Gasteiger partial charge in [-0.05, 0) is 55.7 Å². The Morgan fingerprint density at radius 1 is 0.930 bits per heavy atom. The number of amides is 2. The van der Waals surface area contributed by atoms with E-state index < -0.39 is 10.8 Å². The lowest BCUT2D eigenvalue weighted by Gasteiger charge is -2.52. The molecule has 0 radical (unpaired) electrons. The topological polar surface area (TPSA) is 155 Å². The van der Waals surface area contributed by atoms with E-state index in [2.05, 4.69) is 15.6 Å². The Morgan fingerprint density at radius 2 is 1.65 bits per heavy atom. The van der Waals surface area contributed by atoms with Crippen molar-refractivity contribution in [3.63, 3.8) is 0 Å². The van der Waals surface area contributed by atoms with Gasteiger partial charge in [-0.25, -0.2) is 0 Å². The SMILES string of the molecule is O=C1CC2CC(C1)N2C(=O)c1cc(C2CC2)cc([N+](=O)[O-])c1N[C@@H]1CCCC[C@@H]1NC(=O)c1cc(=O)[nH]c2ccccc12. The van der Waals surface area contributed by atoms with Crippen molar-refractivity contribution in [3.05, 3.63) is 79.6 Å². The van der Waals surface area contributed by atoms with Crippen LogP contribution < -0.4 is 16.2 Å². The number of rotatable bonds is 7. The van der Waals surface area contributed by atoms with Gasteiger partial charge in [-0.3, -0.25) is 29.3 Å². The van der Waals surface area contributed by atoms with Crippen LogP contribution in [-0.2, 0) is 4.79 Å². The molecule has 2 saturated heterocycles. The van der Waals surface area contributed by atoms with Crippen LogP contribution in [-0.4, -0.2) is 56.6 Å². The molecule has 8 rings (SSSR count). The Bertz CT molecular complexity index is 1710. The highest BCUT2D eigenvalue weighted by atomic mass is 16.6. The van der Waals surface area contributed by atoms with Crippen LogP contribution in [0.25, 0.3) is 10.9 Å². The molecule has 222 valence electrons. The summed E-state index contributed by atoms with van der Waals surface area (Å²) in [4.78, 5) is 68.4. The molecule has 4 atom stereocenters. The van der Waals surface area contributed by atoms with E-state index in [0.717, 1.165) is 37.7 Å². The van der Waals surface area contributed by atoms with Crippen molar-refractivity contribution in [1.29, 1.82) is 0 Å². The maximum absolute atomic E-state index is 14.0. The average molecular weight is 584 g/mol. The highest BCUT2D eigenvalue weighted by Crippen LogP contribution is 2.46. The summed E-state index contributed by atoms with van der Waals surface area (Å²) in [7, 11) is 0. The van der Waals surface area contributed by atoms with E-state index in [1.165, 1.54) is 6.07 Å². The minimum Gasteiger partial charge on any atom is -0.374 e. The molecule has 5 aliphatic rings. The van der Waals surface area contributed by atoms with E-state index in [4.69, 9.17) is 0 Å². The van der Waals surface area contributed by atoms with E-state index in [9.17, 15) is 29.3 Å². The number of carbonyl (C=O) groups is 3. The number of hydrogen-bond donors (Lipinski definition) is 3. The Labute approximate surface area is 247 Å². The number of aromatic amines is 1. The summed E-state index contributed by atoms with van der Waals surface area (Å²) in [5, 5.41) is 19.5. The smallest absolute Gasteiger partial charge is 0.293 e. The normalized spacial score (nSPS) is 24.7. The molecule has 11 heteroatoms. The lowest BCUT2D eigenvalue weighted by atomic mass is 9.78. The molecule has 2 aromatic carbocycles. The molecule has 3 aromatic rings. The fraction of sp³-hybridized carbons (Fsp3) is 0.438. The van der Waals surface area contributed by atoms with Gasteiger partial charge in [-0.15, -0.1) is 0 Å². The van der Waals surface area contributed by atoms with E-state index in [-0.39, 0.29) is 69.8 Å². The second-order valence-electron chi connectivity index (χ2n) is 12.4. The van der Waals surface area contributed by atoms with Crippen LogP contribution in [0.5, 0.6) is 0 Å². The molecule has 0 spiro atoms. The predicted octanol–water partition coefficient (Wildman–Crippen LogP) is 4.41. The highest BCUT2D eigenvalue weighted by molar-refractivity contribution is 6.06.